The molecule has 0 aromatic heterocycles. The van der Waals surface area contributed by atoms with Crippen LogP contribution >= 0.6 is 15.9 Å². The van der Waals surface area contributed by atoms with Crippen molar-refractivity contribution in [2.75, 3.05) is 12.4 Å². The van der Waals surface area contributed by atoms with Crippen molar-refractivity contribution < 1.29 is 4.74 Å². The SMILES string of the molecule is COC1CCC(Nc2ccc3cc(Br)ccc3c2)CC1. The molecule has 20 heavy (non-hydrogen) atoms. The van der Waals surface area contributed by atoms with Crippen LogP contribution in [0.5, 0.6) is 0 Å². The average molecular weight is 334 g/mol. The van der Waals surface area contributed by atoms with E-state index >= 15 is 0 Å². The second-order valence-corrected chi connectivity index (χ2v) is 6.48. The maximum atomic E-state index is 5.43. The minimum absolute atomic E-state index is 0.460. The van der Waals surface area contributed by atoms with Gasteiger partial charge >= 0.3 is 0 Å². The molecule has 106 valence electrons. The number of anilines is 1. The van der Waals surface area contributed by atoms with E-state index < -0.39 is 0 Å². The van der Waals surface area contributed by atoms with E-state index in [9.17, 15) is 0 Å². The van der Waals surface area contributed by atoms with E-state index in [2.05, 4.69) is 57.6 Å². The Morgan fingerprint density at radius 1 is 1.00 bits per heavy atom. The molecule has 0 aliphatic heterocycles. The zero-order valence-electron chi connectivity index (χ0n) is 11.7. The van der Waals surface area contributed by atoms with Gasteiger partial charge in [-0.15, -0.1) is 0 Å². The van der Waals surface area contributed by atoms with Crippen LogP contribution in [0.2, 0.25) is 0 Å². The lowest BCUT2D eigenvalue weighted by Gasteiger charge is -2.29. The summed E-state index contributed by atoms with van der Waals surface area (Å²) >= 11 is 3.52. The van der Waals surface area contributed by atoms with E-state index in [-0.39, 0.29) is 0 Å². The van der Waals surface area contributed by atoms with Crippen LogP contribution in [0.4, 0.5) is 5.69 Å². The van der Waals surface area contributed by atoms with Crippen molar-refractivity contribution in [3.8, 4) is 0 Å². The molecule has 0 radical (unpaired) electrons. The Morgan fingerprint density at radius 3 is 2.45 bits per heavy atom. The van der Waals surface area contributed by atoms with Crippen molar-refractivity contribution in [2.45, 2.75) is 37.8 Å². The maximum Gasteiger partial charge on any atom is 0.0572 e. The molecule has 2 aromatic rings. The molecule has 1 fully saturated rings. The van der Waals surface area contributed by atoms with Gasteiger partial charge in [-0.05, 0) is 60.7 Å². The Labute approximate surface area is 128 Å². The van der Waals surface area contributed by atoms with Gasteiger partial charge in [0.15, 0.2) is 0 Å². The number of benzene rings is 2. The lowest BCUT2D eigenvalue weighted by Crippen LogP contribution is -2.29. The molecule has 1 saturated carbocycles. The van der Waals surface area contributed by atoms with Gasteiger partial charge in [0, 0.05) is 23.3 Å². The molecule has 3 rings (SSSR count). The molecule has 0 amide bonds. The summed E-state index contributed by atoms with van der Waals surface area (Å²) in [6.45, 7) is 0. The summed E-state index contributed by atoms with van der Waals surface area (Å²) < 4.78 is 6.55. The number of nitrogens with one attached hydrogen (secondary N) is 1. The summed E-state index contributed by atoms with van der Waals surface area (Å²) in [6, 6.07) is 13.6. The van der Waals surface area contributed by atoms with E-state index in [0.29, 0.717) is 12.1 Å². The fraction of sp³-hybridized carbons (Fsp3) is 0.412. The molecular weight excluding hydrogens is 314 g/mol. The standard InChI is InChI=1S/C17H20BrNO/c1-20-17-8-6-15(7-9-17)19-16-5-3-12-10-14(18)4-2-13(12)11-16/h2-5,10-11,15,17,19H,6-9H2,1H3. The number of fused-ring (bicyclic) bond motifs is 1. The summed E-state index contributed by atoms with van der Waals surface area (Å²) in [7, 11) is 1.82. The van der Waals surface area contributed by atoms with Crippen LogP contribution in [0.25, 0.3) is 10.8 Å². The Hall–Kier alpha value is -1.06. The zero-order chi connectivity index (χ0) is 13.9. The topological polar surface area (TPSA) is 21.3 Å². The van der Waals surface area contributed by atoms with Crippen LogP contribution in [0.15, 0.2) is 40.9 Å². The summed E-state index contributed by atoms with van der Waals surface area (Å²) in [5, 5.41) is 6.22. The average Bonchev–Trinajstić information content (AvgIpc) is 2.48. The van der Waals surface area contributed by atoms with E-state index in [0.717, 1.165) is 17.3 Å². The van der Waals surface area contributed by atoms with Crippen LogP contribution in [0.3, 0.4) is 0 Å². The van der Waals surface area contributed by atoms with Gasteiger partial charge in [0.25, 0.3) is 0 Å². The molecule has 0 spiro atoms. The summed E-state index contributed by atoms with van der Waals surface area (Å²) in [4.78, 5) is 0. The Balaban J connectivity index is 1.70. The van der Waals surface area contributed by atoms with Gasteiger partial charge in [0.2, 0.25) is 0 Å². The molecule has 2 nitrogen and oxygen atoms in total. The summed E-state index contributed by atoms with van der Waals surface area (Å²) in [5.41, 5.74) is 1.22. The van der Waals surface area contributed by atoms with Gasteiger partial charge in [-0.3, -0.25) is 0 Å². The van der Waals surface area contributed by atoms with E-state index in [1.165, 1.54) is 29.3 Å². The monoisotopic (exact) mass is 333 g/mol. The predicted octanol–water partition coefficient (Wildman–Crippen LogP) is 4.97. The molecule has 1 aliphatic carbocycles. The van der Waals surface area contributed by atoms with Crippen LogP contribution < -0.4 is 5.32 Å². The van der Waals surface area contributed by atoms with Crippen LogP contribution in [0, 0.1) is 0 Å². The van der Waals surface area contributed by atoms with Crippen molar-refractivity contribution in [3.05, 3.63) is 40.9 Å². The lowest BCUT2D eigenvalue weighted by molar-refractivity contribution is 0.0682. The lowest BCUT2D eigenvalue weighted by atomic mass is 9.92. The van der Waals surface area contributed by atoms with Crippen molar-refractivity contribution in [3.63, 3.8) is 0 Å². The number of rotatable bonds is 3. The molecule has 1 aliphatic rings. The maximum absolute atomic E-state index is 5.43. The first-order valence-corrected chi connectivity index (χ1v) is 8.02. The van der Waals surface area contributed by atoms with E-state index in [1.807, 2.05) is 7.11 Å². The van der Waals surface area contributed by atoms with Crippen molar-refractivity contribution in [1.29, 1.82) is 0 Å². The minimum Gasteiger partial charge on any atom is -0.382 e. The zero-order valence-corrected chi connectivity index (χ0v) is 13.3. The van der Waals surface area contributed by atoms with Gasteiger partial charge in [-0.2, -0.15) is 0 Å². The predicted molar refractivity (Wildman–Crippen MR) is 88.3 cm³/mol. The molecule has 0 heterocycles. The number of hydrogen-bond acceptors (Lipinski definition) is 2. The minimum atomic E-state index is 0.460. The normalized spacial score (nSPS) is 22.9. The largest absolute Gasteiger partial charge is 0.382 e. The molecule has 0 unspecified atom stereocenters. The molecule has 0 saturated heterocycles. The van der Waals surface area contributed by atoms with Crippen LogP contribution in [-0.4, -0.2) is 19.3 Å². The Kier molecular flexibility index (Phi) is 4.27. The fourth-order valence-electron chi connectivity index (χ4n) is 2.98. The van der Waals surface area contributed by atoms with E-state index in [1.54, 1.807) is 0 Å². The van der Waals surface area contributed by atoms with Crippen molar-refractivity contribution >= 4 is 32.4 Å². The fourth-order valence-corrected chi connectivity index (χ4v) is 3.36. The molecule has 2 aromatic carbocycles. The summed E-state index contributed by atoms with van der Waals surface area (Å²) in [6.07, 6.45) is 5.17. The highest BCUT2D eigenvalue weighted by Gasteiger charge is 2.20. The molecule has 0 bridgehead atoms. The highest BCUT2D eigenvalue weighted by atomic mass is 79.9. The van der Waals surface area contributed by atoms with Gasteiger partial charge in [0.1, 0.15) is 0 Å². The molecule has 1 N–H and O–H groups in total. The number of hydrogen-bond donors (Lipinski definition) is 1. The third-order valence-corrected chi connectivity index (χ3v) is 4.67. The Morgan fingerprint density at radius 2 is 1.70 bits per heavy atom. The molecular formula is C17H20BrNO. The Bertz CT molecular complexity index is 591. The van der Waals surface area contributed by atoms with E-state index in [4.69, 9.17) is 4.74 Å². The third-order valence-electron chi connectivity index (χ3n) is 4.18. The van der Waals surface area contributed by atoms with Crippen LogP contribution in [0.1, 0.15) is 25.7 Å². The molecule has 0 atom stereocenters. The number of ether oxygens (including phenoxy) is 1. The van der Waals surface area contributed by atoms with Crippen molar-refractivity contribution in [2.24, 2.45) is 0 Å². The smallest absolute Gasteiger partial charge is 0.0572 e. The quantitative estimate of drug-likeness (QED) is 0.855. The number of methoxy groups -OCH3 is 1. The van der Waals surface area contributed by atoms with Crippen molar-refractivity contribution in [1.82, 2.24) is 0 Å². The molecule has 3 heteroatoms. The summed E-state index contributed by atoms with van der Waals surface area (Å²) in [5.74, 6) is 0. The van der Waals surface area contributed by atoms with Gasteiger partial charge in [-0.1, -0.05) is 28.1 Å². The van der Waals surface area contributed by atoms with Crippen LogP contribution in [-0.2, 0) is 4.74 Å². The first-order chi connectivity index (χ1) is 9.74. The second-order valence-electron chi connectivity index (χ2n) is 5.56. The third kappa shape index (κ3) is 3.15. The van der Waals surface area contributed by atoms with Gasteiger partial charge in [-0.25, -0.2) is 0 Å². The van der Waals surface area contributed by atoms with Gasteiger partial charge < -0.3 is 10.1 Å². The number of halogens is 1. The highest BCUT2D eigenvalue weighted by Crippen LogP contribution is 2.26. The highest BCUT2D eigenvalue weighted by molar-refractivity contribution is 9.10. The van der Waals surface area contributed by atoms with Gasteiger partial charge in [0.05, 0.1) is 6.10 Å². The second kappa shape index (κ2) is 6.15. The first kappa shape index (κ1) is 13.9. The first-order valence-electron chi connectivity index (χ1n) is 7.23.